The number of esters is 1. The molecule has 0 bridgehead atoms. The van der Waals surface area contributed by atoms with Crippen molar-refractivity contribution >= 4 is 40.8 Å². The number of aromatic nitrogens is 1. The van der Waals surface area contributed by atoms with Crippen LogP contribution in [0.4, 0.5) is 5.69 Å². The van der Waals surface area contributed by atoms with E-state index in [-0.39, 0.29) is 16.5 Å². The van der Waals surface area contributed by atoms with Crippen LogP contribution in [0.15, 0.2) is 36.5 Å². The molecule has 0 saturated carbocycles. The van der Waals surface area contributed by atoms with Crippen LogP contribution in [0.5, 0.6) is 5.88 Å². The lowest BCUT2D eigenvalue weighted by molar-refractivity contribution is -0.119. The summed E-state index contributed by atoms with van der Waals surface area (Å²) in [5, 5.41) is 3.26. The maximum Gasteiger partial charge on any atom is 0.344 e. The van der Waals surface area contributed by atoms with Gasteiger partial charge in [0, 0.05) is 11.2 Å². The normalized spacial score (nSPS) is 10.1. The third-order valence-corrected chi connectivity index (χ3v) is 3.36. The van der Waals surface area contributed by atoms with Gasteiger partial charge in [0.25, 0.3) is 5.91 Å². The fourth-order valence-corrected chi connectivity index (χ4v) is 2.24. The predicted octanol–water partition coefficient (Wildman–Crippen LogP) is 3.58. The van der Waals surface area contributed by atoms with Gasteiger partial charge in [0.05, 0.1) is 17.3 Å². The van der Waals surface area contributed by atoms with Crippen LogP contribution < -0.4 is 10.1 Å². The Morgan fingerprint density at radius 2 is 2.04 bits per heavy atom. The minimum Gasteiger partial charge on any atom is -0.477 e. The van der Waals surface area contributed by atoms with E-state index >= 15 is 0 Å². The molecule has 0 saturated heterocycles. The van der Waals surface area contributed by atoms with E-state index in [0.717, 1.165) is 0 Å². The van der Waals surface area contributed by atoms with E-state index in [0.29, 0.717) is 17.3 Å². The number of benzene rings is 1. The third kappa shape index (κ3) is 4.84. The van der Waals surface area contributed by atoms with Crippen LogP contribution in [-0.4, -0.2) is 30.1 Å². The summed E-state index contributed by atoms with van der Waals surface area (Å²) >= 11 is 11.7. The van der Waals surface area contributed by atoms with Crippen LogP contribution in [0.25, 0.3) is 0 Å². The Labute approximate surface area is 148 Å². The Morgan fingerprint density at radius 1 is 1.25 bits per heavy atom. The van der Waals surface area contributed by atoms with E-state index in [2.05, 4.69) is 10.3 Å². The van der Waals surface area contributed by atoms with Crippen LogP contribution >= 0.6 is 23.2 Å². The first-order valence-corrected chi connectivity index (χ1v) is 7.76. The molecule has 0 spiro atoms. The number of anilines is 1. The van der Waals surface area contributed by atoms with Gasteiger partial charge in [0.2, 0.25) is 5.88 Å². The Kier molecular flexibility index (Phi) is 6.40. The monoisotopic (exact) mass is 368 g/mol. The molecule has 126 valence electrons. The first kappa shape index (κ1) is 18.0. The summed E-state index contributed by atoms with van der Waals surface area (Å²) < 4.78 is 10.2. The molecule has 0 aliphatic heterocycles. The zero-order chi connectivity index (χ0) is 17.5. The van der Waals surface area contributed by atoms with E-state index in [1.807, 2.05) is 0 Å². The van der Waals surface area contributed by atoms with Gasteiger partial charge in [-0.3, -0.25) is 4.79 Å². The molecular formula is C16H14Cl2N2O4. The standard InChI is InChI=1S/C16H14Cl2N2O4/c1-2-23-15-11(4-3-7-19-15)16(22)24-9-14(21)20-13-6-5-10(17)8-12(13)18/h3-8H,2,9H2,1H3,(H,20,21). The van der Waals surface area contributed by atoms with Crippen molar-refractivity contribution in [1.29, 1.82) is 0 Å². The summed E-state index contributed by atoms with van der Waals surface area (Å²) in [5.74, 6) is -1.08. The second-order valence-corrected chi connectivity index (χ2v) is 5.38. The van der Waals surface area contributed by atoms with Crippen molar-refractivity contribution in [3.05, 3.63) is 52.1 Å². The van der Waals surface area contributed by atoms with Crippen LogP contribution in [-0.2, 0) is 9.53 Å². The molecule has 1 heterocycles. The Morgan fingerprint density at radius 3 is 2.75 bits per heavy atom. The number of rotatable bonds is 6. The van der Waals surface area contributed by atoms with Gasteiger partial charge in [0.1, 0.15) is 5.56 Å². The number of carbonyl (C=O) groups is 2. The number of pyridine rings is 1. The maximum atomic E-state index is 12.0. The van der Waals surface area contributed by atoms with Crippen molar-refractivity contribution in [3.8, 4) is 5.88 Å². The highest BCUT2D eigenvalue weighted by molar-refractivity contribution is 6.36. The number of hydrogen-bond acceptors (Lipinski definition) is 5. The molecule has 2 rings (SSSR count). The fraction of sp³-hybridized carbons (Fsp3) is 0.188. The average Bonchev–Trinajstić information content (AvgIpc) is 2.56. The number of halogens is 2. The summed E-state index contributed by atoms with van der Waals surface area (Å²) in [6.45, 7) is 1.65. The van der Waals surface area contributed by atoms with Crippen LogP contribution in [0, 0.1) is 0 Å². The molecule has 2 aromatic rings. The average molecular weight is 369 g/mol. The molecule has 24 heavy (non-hydrogen) atoms. The van der Waals surface area contributed by atoms with Gasteiger partial charge in [-0.25, -0.2) is 9.78 Å². The van der Waals surface area contributed by atoms with E-state index in [4.69, 9.17) is 32.7 Å². The van der Waals surface area contributed by atoms with Gasteiger partial charge in [-0.2, -0.15) is 0 Å². The number of ether oxygens (including phenoxy) is 2. The highest BCUT2D eigenvalue weighted by Gasteiger charge is 2.16. The molecule has 0 fully saturated rings. The summed E-state index contributed by atoms with van der Waals surface area (Å²) in [4.78, 5) is 27.9. The van der Waals surface area contributed by atoms with E-state index in [9.17, 15) is 9.59 Å². The molecule has 1 amide bonds. The maximum absolute atomic E-state index is 12.0. The topological polar surface area (TPSA) is 77.5 Å². The quantitative estimate of drug-likeness (QED) is 0.788. The molecule has 1 aromatic heterocycles. The zero-order valence-electron chi connectivity index (χ0n) is 12.7. The van der Waals surface area contributed by atoms with Gasteiger partial charge in [-0.1, -0.05) is 23.2 Å². The molecule has 1 N–H and O–H groups in total. The third-order valence-electron chi connectivity index (χ3n) is 2.81. The van der Waals surface area contributed by atoms with Gasteiger partial charge >= 0.3 is 5.97 Å². The smallest absolute Gasteiger partial charge is 0.344 e. The van der Waals surface area contributed by atoms with E-state index < -0.39 is 18.5 Å². The minimum atomic E-state index is -0.705. The fourth-order valence-electron chi connectivity index (χ4n) is 1.78. The summed E-state index contributed by atoms with van der Waals surface area (Å²) in [7, 11) is 0. The van der Waals surface area contributed by atoms with Crippen LogP contribution in [0.3, 0.4) is 0 Å². The molecule has 0 aliphatic rings. The molecule has 0 radical (unpaired) electrons. The Balaban J connectivity index is 1.95. The molecule has 1 aromatic carbocycles. The first-order valence-electron chi connectivity index (χ1n) is 7.01. The second-order valence-electron chi connectivity index (χ2n) is 4.54. The summed E-state index contributed by atoms with van der Waals surface area (Å²) in [6, 6.07) is 7.72. The summed E-state index contributed by atoms with van der Waals surface area (Å²) in [5.41, 5.74) is 0.523. The highest BCUT2D eigenvalue weighted by Crippen LogP contribution is 2.25. The summed E-state index contributed by atoms with van der Waals surface area (Å²) in [6.07, 6.45) is 1.50. The lowest BCUT2D eigenvalue weighted by atomic mass is 10.3. The number of carbonyl (C=O) groups excluding carboxylic acids is 2. The van der Waals surface area contributed by atoms with Crippen molar-refractivity contribution in [1.82, 2.24) is 4.98 Å². The molecule has 6 nitrogen and oxygen atoms in total. The largest absolute Gasteiger partial charge is 0.477 e. The first-order chi connectivity index (χ1) is 11.5. The van der Waals surface area contributed by atoms with Crippen molar-refractivity contribution in [2.75, 3.05) is 18.5 Å². The molecule has 0 atom stereocenters. The number of amides is 1. The molecule has 0 aliphatic carbocycles. The van der Waals surface area contributed by atoms with E-state index in [1.54, 1.807) is 25.1 Å². The van der Waals surface area contributed by atoms with Gasteiger partial charge in [0.15, 0.2) is 6.61 Å². The van der Waals surface area contributed by atoms with Gasteiger partial charge in [-0.15, -0.1) is 0 Å². The lowest BCUT2D eigenvalue weighted by Gasteiger charge is -2.10. The molecule has 8 heteroatoms. The van der Waals surface area contributed by atoms with Crippen molar-refractivity contribution in [2.45, 2.75) is 6.92 Å². The van der Waals surface area contributed by atoms with Gasteiger partial charge < -0.3 is 14.8 Å². The number of nitrogens with one attached hydrogen (secondary N) is 1. The molecular weight excluding hydrogens is 355 g/mol. The zero-order valence-corrected chi connectivity index (χ0v) is 14.2. The minimum absolute atomic E-state index is 0.150. The Bertz CT molecular complexity index is 753. The second kappa shape index (κ2) is 8.52. The number of hydrogen-bond donors (Lipinski definition) is 1. The number of nitrogens with zero attached hydrogens (tertiary/aromatic N) is 1. The van der Waals surface area contributed by atoms with Crippen molar-refractivity contribution in [2.24, 2.45) is 0 Å². The SMILES string of the molecule is CCOc1ncccc1C(=O)OCC(=O)Nc1ccc(Cl)cc1Cl. The Hall–Kier alpha value is -2.31. The van der Waals surface area contributed by atoms with Crippen LogP contribution in [0.2, 0.25) is 10.0 Å². The predicted molar refractivity (Wildman–Crippen MR) is 90.8 cm³/mol. The van der Waals surface area contributed by atoms with Crippen molar-refractivity contribution < 1.29 is 19.1 Å². The molecule has 0 unspecified atom stereocenters. The van der Waals surface area contributed by atoms with Crippen LogP contribution in [0.1, 0.15) is 17.3 Å². The lowest BCUT2D eigenvalue weighted by Crippen LogP contribution is -2.21. The highest BCUT2D eigenvalue weighted by atomic mass is 35.5. The van der Waals surface area contributed by atoms with Gasteiger partial charge in [-0.05, 0) is 37.3 Å². The van der Waals surface area contributed by atoms with Crippen molar-refractivity contribution in [3.63, 3.8) is 0 Å². The van der Waals surface area contributed by atoms with E-state index in [1.165, 1.54) is 18.3 Å².